The highest BCUT2D eigenvalue weighted by Crippen LogP contribution is 2.24. The lowest BCUT2D eigenvalue weighted by Gasteiger charge is -2.24. The first kappa shape index (κ1) is 25.6. The number of hydrogen-bond acceptors (Lipinski definition) is 7. The smallest absolute Gasteiger partial charge is 0.407 e. The minimum atomic E-state index is -4.36. The fourth-order valence-electron chi connectivity index (χ4n) is 2.92. The Labute approximate surface area is 191 Å². The highest BCUT2D eigenvalue weighted by atomic mass is 32.2. The lowest BCUT2D eigenvalue weighted by atomic mass is 10.0. The molecule has 0 aliphatic carbocycles. The average Bonchev–Trinajstić information content (AvgIpc) is 3.20. The first-order valence-corrected chi connectivity index (χ1v) is 12.3. The lowest BCUT2D eigenvalue weighted by molar-refractivity contribution is -0.124. The van der Waals surface area contributed by atoms with Gasteiger partial charge in [0, 0.05) is 5.38 Å². The standard InChI is InChI=1S/C20H28N4O6S2/c1-5-14-11-31-19(21-14)16(22-18(25)17(12(2)3)23-20(26)30-4)10-13-6-8-15(9-7-13)24-32(27,28)29/h6-9,11-12,16-17,24H,5,10H2,1-4H3,(H,22,25)(H,23,26)(H,27,28,29). The van der Waals surface area contributed by atoms with Crippen molar-refractivity contribution in [2.24, 2.45) is 5.92 Å². The molecule has 12 heteroatoms. The predicted octanol–water partition coefficient (Wildman–Crippen LogP) is 2.70. The molecule has 0 radical (unpaired) electrons. The van der Waals surface area contributed by atoms with Gasteiger partial charge in [-0.1, -0.05) is 32.9 Å². The van der Waals surface area contributed by atoms with Gasteiger partial charge in [0.15, 0.2) is 0 Å². The van der Waals surface area contributed by atoms with E-state index in [2.05, 4.69) is 20.4 Å². The molecule has 10 nitrogen and oxygen atoms in total. The van der Waals surface area contributed by atoms with E-state index in [1.165, 1.54) is 30.6 Å². The number of methoxy groups -OCH3 is 1. The van der Waals surface area contributed by atoms with E-state index < -0.39 is 28.5 Å². The molecule has 0 bridgehead atoms. The molecule has 2 amide bonds. The summed E-state index contributed by atoms with van der Waals surface area (Å²) in [4.78, 5) is 29.2. The highest BCUT2D eigenvalue weighted by molar-refractivity contribution is 7.87. The molecule has 1 heterocycles. The molecule has 32 heavy (non-hydrogen) atoms. The first-order chi connectivity index (χ1) is 15.0. The van der Waals surface area contributed by atoms with Crippen molar-refractivity contribution in [1.82, 2.24) is 15.6 Å². The van der Waals surface area contributed by atoms with E-state index in [0.29, 0.717) is 6.42 Å². The van der Waals surface area contributed by atoms with Crippen molar-refractivity contribution >= 4 is 39.3 Å². The molecular formula is C20H28N4O6S2. The number of alkyl carbamates (subject to hydrolysis) is 1. The summed E-state index contributed by atoms with van der Waals surface area (Å²) in [6.45, 7) is 5.62. The molecule has 2 unspecified atom stereocenters. The summed E-state index contributed by atoms with van der Waals surface area (Å²) in [5.74, 6) is -0.545. The summed E-state index contributed by atoms with van der Waals surface area (Å²) in [7, 11) is -3.13. The normalized spacial score (nSPS) is 13.3. The number of anilines is 1. The van der Waals surface area contributed by atoms with Crippen LogP contribution in [-0.4, -0.2) is 43.1 Å². The van der Waals surface area contributed by atoms with Crippen molar-refractivity contribution in [3.05, 3.63) is 45.9 Å². The largest absolute Gasteiger partial charge is 0.453 e. The van der Waals surface area contributed by atoms with Crippen LogP contribution in [0.2, 0.25) is 0 Å². The van der Waals surface area contributed by atoms with Crippen molar-refractivity contribution in [3.8, 4) is 0 Å². The topological polar surface area (TPSA) is 147 Å². The van der Waals surface area contributed by atoms with E-state index in [4.69, 9.17) is 4.55 Å². The molecule has 4 N–H and O–H groups in total. The zero-order chi connectivity index (χ0) is 23.9. The molecule has 0 fully saturated rings. The van der Waals surface area contributed by atoms with Crippen LogP contribution in [0.15, 0.2) is 29.6 Å². The molecule has 0 spiro atoms. The van der Waals surface area contributed by atoms with E-state index in [9.17, 15) is 18.0 Å². The Bertz CT molecular complexity index is 1020. The number of aryl methyl sites for hydroxylation is 1. The Morgan fingerprint density at radius 1 is 1.19 bits per heavy atom. The number of carbonyl (C=O) groups excluding carboxylic acids is 2. The summed E-state index contributed by atoms with van der Waals surface area (Å²) in [6, 6.07) is 5.14. The van der Waals surface area contributed by atoms with Gasteiger partial charge in [0.1, 0.15) is 11.0 Å². The van der Waals surface area contributed by atoms with E-state index in [0.717, 1.165) is 22.7 Å². The van der Waals surface area contributed by atoms with Gasteiger partial charge in [-0.15, -0.1) is 11.3 Å². The number of nitrogens with zero attached hydrogens (tertiary/aromatic N) is 1. The SMILES string of the molecule is CCc1csc(C(Cc2ccc(NS(=O)(=O)O)cc2)NC(=O)C(NC(=O)OC)C(C)C)n1. The molecule has 2 rings (SSSR count). The molecule has 0 saturated heterocycles. The predicted molar refractivity (Wildman–Crippen MR) is 122 cm³/mol. The first-order valence-electron chi connectivity index (χ1n) is 9.95. The molecule has 0 saturated carbocycles. The number of aromatic nitrogens is 1. The Kier molecular flexibility index (Phi) is 8.99. The summed E-state index contributed by atoms with van der Waals surface area (Å²) in [5.41, 5.74) is 1.93. The number of benzene rings is 1. The maximum atomic E-state index is 13.0. The van der Waals surface area contributed by atoms with Gasteiger partial charge in [-0.25, -0.2) is 9.78 Å². The molecule has 1 aromatic carbocycles. The van der Waals surface area contributed by atoms with Crippen molar-refractivity contribution in [2.75, 3.05) is 11.8 Å². The van der Waals surface area contributed by atoms with Crippen LogP contribution in [0.3, 0.4) is 0 Å². The molecule has 1 aromatic heterocycles. The van der Waals surface area contributed by atoms with Crippen LogP contribution in [0, 0.1) is 5.92 Å². The Morgan fingerprint density at radius 2 is 1.84 bits per heavy atom. The van der Waals surface area contributed by atoms with Crippen molar-refractivity contribution in [1.29, 1.82) is 0 Å². The van der Waals surface area contributed by atoms with E-state index in [-0.39, 0.29) is 17.5 Å². The summed E-state index contributed by atoms with van der Waals surface area (Å²) < 4.78 is 37.4. The third-order valence-corrected chi connectivity index (χ3v) is 6.10. The van der Waals surface area contributed by atoms with Crippen molar-refractivity contribution < 1.29 is 27.3 Å². The number of rotatable bonds is 10. The van der Waals surface area contributed by atoms with Gasteiger partial charge in [-0.05, 0) is 36.5 Å². The van der Waals surface area contributed by atoms with E-state index in [1.807, 2.05) is 30.9 Å². The second-order valence-electron chi connectivity index (χ2n) is 7.43. The average molecular weight is 485 g/mol. The second-order valence-corrected chi connectivity index (χ2v) is 9.47. The van der Waals surface area contributed by atoms with Gasteiger partial charge in [-0.3, -0.25) is 14.1 Å². The highest BCUT2D eigenvalue weighted by Gasteiger charge is 2.28. The quantitative estimate of drug-likeness (QED) is 0.379. The van der Waals surface area contributed by atoms with Crippen LogP contribution in [0.25, 0.3) is 0 Å². The molecule has 176 valence electrons. The van der Waals surface area contributed by atoms with Gasteiger partial charge in [0.05, 0.1) is 24.5 Å². The molecular weight excluding hydrogens is 456 g/mol. The van der Waals surface area contributed by atoms with Crippen LogP contribution < -0.4 is 15.4 Å². The minimum absolute atomic E-state index is 0.178. The third-order valence-electron chi connectivity index (χ3n) is 4.59. The van der Waals surface area contributed by atoms with Crippen molar-refractivity contribution in [2.45, 2.75) is 45.7 Å². The minimum Gasteiger partial charge on any atom is -0.453 e. The molecule has 0 aliphatic rings. The zero-order valence-corrected chi connectivity index (χ0v) is 19.9. The molecule has 0 aliphatic heterocycles. The summed E-state index contributed by atoms with van der Waals surface area (Å²) in [6.07, 6.45) is 0.448. The molecule has 2 atom stereocenters. The number of nitrogens with one attached hydrogen (secondary N) is 3. The number of amides is 2. The number of hydrogen-bond donors (Lipinski definition) is 4. The van der Waals surface area contributed by atoms with Crippen LogP contribution >= 0.6 is 11.3 Å². The van der Waals surface area contributed by atoms with Crippen LogP contribution in [0.4, 0.5) is 10.5 Å². The number of thiazole rings is 1. The van der Waals surface area contributed by atoms with Crippen LogP contribution in [0.1, 0.15) is 43.1 Å². The van der Waals surface area contributed by atoms with Crippen LogP contribution in [-0.2, 0) is 32.7 Å². The Balaban J connectivity index is 2.24. The maximum Gasteiger partial charge on any atom is 0.407 e. The lowest BCUT2D eigenvalue weighted by Crippen LogP contribution is -2.50. The number of ether oxygens (including phenoxy) is 1. The van der Waals surface area contributed by atoms with Gasteiger partial charge < -0.3 is 15.4 Å². The van der Waals surface area contributed by atoms with Crippen LogP contribution in [0.5, 0.6) is 0 Å². The maximum absolute atomic E-state index is 13.0. The van der Waals surface area contributed by atoms with Gasteiger partial charge >= 0.3 is 16.4 Å². The third kappa shape index (κ3) is 7.77. The molecule has 2 aromatic rings. The Hall–Kier alpha value is -2.70. The second kappa shape index (κ2) is 11.2. The summed E-state index contributed by atoms with van der Waals surface area (Å²) >= 11 is 1.43. The summed E-state index contributed by atoms with van der Waals surface area (Å²) in [5, 5.41) is 8.17. The monoisotopic (exact) mass is 484 g/mol. The van der Waals surface area contributed by atoms with Crippen molar-refractivity contribution in [3.63, 3.8) is 0 Å². The van der Waals surface area contributed by atoms with E-state index in [1.54, 1.807) is 12.1 Å². The fourth-order valence-corrected chi connectivity index (χ4v) is 4.31. The fraction of sp³-hybridized carbons (Fsp3) is 0.450. The zero-order valence-electron chi connectivity index (χ0n) is 18.3. The Morgan fingerprint density at radius 3 is 2.34 bits per heavy atom. The van der Waals surface area contributed by atoms with Gasteiger partial charge in [0.2, 0.25) is 5.91 Å². The van der Waals surface area contributed by atoms with Gasteiger partial charge in [-0.2, -0.15) is 8.42 Å². The number of carbonyl (C=O) groups is 2. The van der Waals surface area contributed by atoms with E-state index >= 15 is 0 Å². The van der Waals surface area contributed by atoms with Gasteiger partial charge in [0.25, 0.3) is 0 Å².